The van der Waals surface area contributed by atoms with E-state index < -0.39 is 60.5 Å². The molecule has 19 heavy (non-hydrogen) atoms. The molecular weight excluding hydrogens is 251 g/mol. The van der Waals surface area contributed by atoms with Crippen molar-refractivity contribution in [3.63, 3.8) is 0 Å². The van der Waals surface area contributed by atoms with E-state index >= 15 is 0 Å². The number of hydrogen-bond acceptors (Lipinski definition) is 3. The second kappa shape index (κ2) is 4.53. The molecule has 2 rings (SSSR count). The Labute approximate surface area is 120 Å². The number of halogens is 2. The molecule has 0 saturated carbocycles. The van der Waals surface area contributed by atoms with E-state index in [0.717, 1.165) is 0 Å². The molecule has 0 unspecified atom stereocenters. The zero-order chi connectivity index (χ0) is 19.6. The van der Waals surface area contributed by atoms with Crippen LogP contribution in [0.25, 0.3) is 0 Å². The summed E-state index contributed by atoms with van der Waals surface area (Å²) in [5, 5.41) is 0. The Morgan fingerprint density at radius 2 is 1.95 bits per heavy atom. The highest BCUT2D eigenvalue weighted by Gasteiger charge is 2.52. The Kier molecular flexibility index (Phi) is 1.98. The molecule has 0 spiro atoms. The van der Waals surface area contributed by atoms with Crippen LogP contribution in [0.1, 0.15) is 53.6 Å². The van der Waals surface area contributed by atoms with E-state index in [4.69, 9.17) is 17.5 Å². The molecule has 1 aliphatic heterocycles. The second-order valence-corrected chi connectivity index (χ2v) is 5.33. The van der Waals surface area contributed by atoms with Gasteiger partial charge < -0.3 is 9.31 Å². The molecule has 1 aliphatic rings. The first kappa shape index (κ1) is 8.32. The standard InChI is InChI=1S/C13H18BF2NO2/c1-8-7-17-10(11(15)16)6-9(8)14-18-12(2,3)13(4,5)19-14/h6-7,11H,1-5H3/i1D3,6D,7D,11D. The molecule has 0 amide bonds. The largest absolute Gasteiger partial charge is 0.495 e. The Hall–Kier alpha value is -1.01. The van der Waals surface area contributed by atoms with E-state index in [0.29, 0.717) is 0 Å². The zero-order valence-corrected chi connectivity index (χ0v) is 11.1. The summed E-state index contributed by atoms with van der Waals surface area (Å²) < 4.78 is 83.6. The van der Waals surface area contributed by atoms with Crippen molar-refractivity contribution in [3.05, 3.63) is 23.5 Å². The molecule has 0 bridgehead atoms. The van der Waals surface area contributed by atoms with Gasteiger partial charge in [-0.25, -0.2) is 8.78 Å². The minimum absolute atomic E-state index is 0.513. The molecule has 1 saturated heterocycles. The topological polar surface area (TPSA) is 31.4 Å². The van der Waals surface area contributed by atoms with E-state index in [9.17, 15) is 8.78 Å². The van der Waals surface area contributed by atoms with Gasteiger partial charge in [-0.05, 0) is 51.6 Å². The molecule has 1 aromatic heterocycles. The number of nitrogens with zero attached hydrogens (tertiary/aromatic N) is 1. The van der Waals surface area contributed by atoms with Crippen LogP contribution in [0.2, 0.25) is 0 Å². The van der Waals surface area contributed by atoms with Gasteiger partial charge in [-0.3, -0.25) is 4.98 Å². The maximum absolute atomic E-state index is 13.5. The van der Waals surface area contributed by atoms with Gasteiger partial charge in [0.1, 0.15) is 7.06 Å². The van der Waals surface area contributed by atoms with Crippen LogP contribution >= 0.6 is 0 Å². The van der Waals surface area contributed by atoms with Crippen LogP contribution in [0.4, 0.5) is 8.78 Å². The predicted octanol–water partition coefficient (Wildman–Crippen LogP) is 2.63. The Morgan fingerprint density at radius 1 is 1.37 bits per heavy atom. The van der Waals surface area contributed by atoms with E-state index in [-0.39, 0.29) is 0 Å². The fourth-order valence-corrected chi connectivity index (χ4v) is 1.62. The van der Waals surface area contributed by atoms with E-state index in [1.807, 2.05) is 0 Å². The molecule has 2 heterocycles. The first-order valence-corrected chi connectivity index (χ1v) is 5.74. The van der Waals surface area contributed by atoms with Crippen LogP contribution in [0.5, 0.6) is 0 Å². The fraction of sp³-hybridized carbons (Fsp3) is 0.615. The van der Waals surface area contributed by atoms with Crippen molar-refractivity contribution in [3.8, 4) is 0 Å². The van der Waals surface area contributed by atoms with Gasteiger partial charge in [0.2, 0.25) is 0 Å². The maximum Gasteiger partial charge on any atom is 0.495 e. The average molecular weight is 275 g/mol. The lowest BCUT2D eigenvalue weighted by Crippen LogP contribution is -2.41. The summed E-state index contributed by atoms with van der Waals surface area (Å²) in [5.74, 6) is 0. The van der Waals surface area contributed by atoms with Crippen LogP contribution in [0.3, 0.4) is 0 Å². The lowest BCUT2D eigenvalue weighted by atomic mass is 9.76. The van der Waals surface area contributed by atoms with Crippen LogP contribution in [0, 0.1) is 6.85 Å². The summed E-state index contributed by atoms with van der Waals surface area (Å²) in [6.45, 7) is 3.81. The molecule has 0 atom stereocenters. The normalized spacial score (nSPS) is 26.9. The molecule has 6 heteroatoms. The molecule has 1 aromatic rings. The third kappa shape index (κ3) is 2.51. The van der Waals surface area contributed by atoms with E-state index in [1.54, 1.807) is 27.7 Å². The first-order valence-electron chi connectivity index (χ1n) is 8.74. The van der Waals surface area contributed by atoms with Crippen LogP contribution in [-0.4, -0.2) is 23.3 Å². The summed E-state index contributed by atoms with van der Waals surface area (Å²) in [4.78, 5) is 3.19. The Bertz CT molecular complexity index is 689. The molecule has 0 N–H and O–H groups in total. The summed E-state index contributed by atoms with van der Waals surface area (Å²) in [7, 11) is -1.44. The average Bonchev–Trinajstić information content (AvgIpc) is 2.57. The molecule has 0 radical (unpaired) electrons. The monoisotopic (exact) mass is 275 g/mol. The minimum atomic E-state index is -4.27. The van der Waals surface area contributed by atoms with Crippen molar-refractivity contribution in [2.75, 3.05) is 0 Å². The number of alkyl halides is 2. The lowest BCUT2D eigenvalue weighted by molar-refractivity contribution is 0.00578. The van der Waals surface area contributed by atoms with Crippen molar-refractivity contribution in [1.29, 1.82) is 0 Å². The van der Waals surface area contributed by atoms with Gasteiger partial charge in [0.15, 0.2) is 0 Å². The SMILES string of the molecule is [2H]c1nc(C([2H])(F)F)c([2H])c(B2OC(C)(C)C(C)(C)O2)c1C([2H])([2H])[2H]. The maximum atomic E-state index is 13.5. The number of hydrogen-bond donors (Lipinski definition) is 0. The van der Waals surface area contributed by atoms with Crippen molar-refractivity contribution >= 4 is 12.6 Å². The molecule has 3 nitrogen and oxygen atoms in total. The first-order chi connectivity index (χ1) is 11.0. The number of aromatic nitrogens is 1. The van der Waals surface area contributed by atoms with Crippen LogP contribution < -0.4 is 5.46 Å². The number of pyridine rings is 1. The second-order valence-electron chi connectivity index (χ2n) is 5.33. The highest BCUT2D eigenvalue weighted by Crippen LogP contribution is 2.36. The van der Waals surface area contributed by atoms with E-state index in [1.165, 1.54) is 0 Å². The van der Waals surface area contributed by atoms with Gasteiger partial charge in [-0.1, -0.05) is 0 Å². The molecule has 0 aliphatic carbocycles. The Morgan fingerprint density at radius 3 is 2.42 bits per heavy atom. The molecular formula is C13H18BF2NO2. The Balaban J connectivity index is 2.77. The van der Waals surface area contributed by atoms with Gasteiger partial charge in [-0.15, -0.1) is 0 Å². The summed E-state index contributed by atoms with van der Waals surface area (Å²) in [5.41, 5.74) is -4.34. The number of rotatable bonds is 2. The van der Waals surface area contributed by atoms with Gasteiger partial charge in [0.25, 0.3) is 6.40 Å². The zero-order valence-electron chi connectivity index (χ0n) is 17.1. The van der Waals surface area contributed by atoms with Gasteiger partial charge >= 0.3 is 7.12 Å². The quantitative estimate of drug-likeness (QED) is 0.777. The lowest BCUT2D eigenvalue weighted by Gasteiger charge is -2.32. The van der Waals surface area contributed by atoms with Crippen molar-refractivity contribution < 1.29 is 26.3 Å². The minimum Gasteiger partial charge on any atom is -0.399 e. The van der Waals surface area contributed by atoms with Gasteiger partial charge in [-0.2, -0.15) is 0 Å². The van der Waals surface area contributed by atoms with Crippen molar-refractivity contribution in [2.24, 2.45) is 0 Å². The third-order valence-corrected chi connectivity index (χ3v) is 3.47. The molecule has 104 valence electrons. The molecule has 1 fully saturated rings. The van der Waals surface area contributed by atoms with E-state index in [2.05, 4.69) is 4.98 Å². The van der Waals surface area contributed by atoms with Crippen molar-refractivity contribution in [1.82, 2.24) is 4.98 Å². The predicted molar refractivity (Wildman–Crippen MR) is 69.6 cm³/mol. The van der Waals surface area contributed by atoms with Gasteiger partial charge in [0, 0.05) is 10.3 Å². The third-order valence-electron chi connectivity index (χ3n) is 3.47. The fourth-order valence-electron chi connectivity index (χ4n) is 1.62. The highest BCUT2D eigenvalue weighted by atomic mass is 19.3. The van der Waals surface area contributed by atoms with Crippen molar-refractivity contribution in [2.45, 2.75) is 52.2 Å². The summed E-state index contributed by atoms with van der Waals surface area (Å²) in [6.07, 6.45) is -5.22. The van der Waals surface area contributed by atoms with Crippen LogP contribution in [0.15, 0.2) is 12.2 Å². The smallest absolute Gasteiger partial charge is 0.399 e. The molecule has 0 aromatic carbocycles. The highest BCUT2D eigenvalue weighted by molar-refractivity contribution is 6.62. The van der Waals surface area contributed by atoms with Gasteiger partial charge in [0.05, 0.1) is 13.9 Å². The summed E-state index contributed by atoms with van der Waals surface area (Å²) in [6, 6.07) is -0.972. The van der Waals surface area contributed by atoms with Crippen LogP contribution in [-0.2, 0) is 9.31 Å². The summed E-state index contributed by atoms with van der Waals surface area (Å²) >= 11 is 0.